The second kappa shape index (κ2) is 13.8. The van der Waals surface area contributed by atoms with Crippen molar-refractivity contribution in [3.05, 3.63) is 51.3 Å². The quantitative estimate of drug-likeness (QED) is 0.0940. The highest BCUT2D eigenvalue weighted by molar-refractivity contribution is 7.16. The van der Waals surface area contributed by atoms with Crippen LogP contribution in [0.4, 0.5) is 16.8 Å². The maximum Gasteiger partial charge on any atom is 0.358 e. The number of ether oxygens (including phenoxy) is 2. The van der Waals surface area contributed by atoms with Crippen LogP contribution in [0.25, 0.3) is 10.2 Å². The predicted molar refractivity (Wildman–Crippen MR) is 178 cm³/mol. The molecule has 0 aliphatic heterocycles. The molecule has 1 aliphatic carbocycles. The minimum Gasteiger partial charge on any atom is -0.461 e. The van der Waals surface area contributed by atoms with E-state index in [9.17, 15) is 4.79 Å². The molecule has 9 nitrogen and oxygen atoms in total. The molecular formula is C31H42N6O3S2Si. The number of esters is 1. The Morgan fingerprint density at radius 1 is 1.14 bits per heavy atom. The number of carbonyl (C=O) groups excluding carboxylic acids is 1. The van der Waals surface area contributed by atoms with E-state index < -0.39 is 8.07 Å². The molecule has 4 aromatic rings. The molecule has 3 heterocycles. The largest absolute Gasteiger partial charge is 0.461 e. The van der Waals surface area contributed by atoms with Crippen LogP contribution in [0.2, 0.25) is 25.7 Å². The lowest BCUT2D eigenvalue weighted by Gasteiger charge is -2.20. The lowest BCUT2D eigenvalue weighted by molar-refractivity contribution is 0.0518. The third-order valence-electron chi connectivity index (χ3n) is 7.67. The van der Waals surface area contributed by atoms with Crippen LogP contribution in [0.15, 0.2) is 35.3 Å². The Balaban J connectivity index is 1.42. The van der Waals surface area contributed by atoms with Crippen molar-refractivity contribution in [2.45, 2.75) is 84.3 Å². The van der Waals surface area contributed by atoms with Gasteiger partial charge in [-0.25, -0.2) is 9.78 Å². The lowest BCUT2D eigenvalue weighted by Crippen LogP contribution is -2.23. The second-order valence-electron chi connectivity index (χ2n) is 12.3. The maximum atomic E-state index is 12.8. The van der Waals surface area contributed by atoms with E-state index in [4.69, 9.17) is 19.5 Å². The van der Waals surface area contributed by atoms with E-state index in [1.165, 1.54) is 19.3 Å². The molecule has 1 aliphatic rings. The Morgan fingerprint density at radius 3 is 2.63 bits per heavy atom. The van der Waals surface area contributed by atoms with Crippen LogP contribution in [0.5, 0.6) is 0 Å². The molecule has 0 atom stereocenters. The van der Waals surface area contributed by atoms with Gasteiger partial charge in [-0.2, -0.15) is 4.99 Å². The number of carbonyl (C=O) groups is 1. The number of para-hydroxylation sites is 1. The number of aryl methyl sites for hydroxylation is 1. The van der Waals surface area contributed by atoms with Gasteiger partial charge in [0, 0.05) is 26.6 Å². The summed E-state index contributed by atoms with van der Waals surface area (Å²) in [6, 6.07) is 11.4. The topological polar surface area (TPSA) is 94.7 Å². The maximum absolute atomic E-state index is 12.8. The standard InChI is InChI=1S/C31H42N6O3S2Si/c1-7-40-29(38)26-27(22-13-9-8-10-14-22)42-30(32-26)36(3)25-19-21(2)28(35-34-25)33-31-37(20-39-17-18-43(4,5)6)23-15-11-12-16-24(23)41-31/h11-12,15-16,19,22H,7-10,13-14,17-18,20H2,1-6H3. The molecule has 0 unspecified atom stereocenters. The minimum atomic E-state index is -1.18. The molecule has 1 aromatic carbocycles. The normalized spacial score (nSPS) is 14.9. The van der Waals surface area contributed by atoms with Gasteiger partial charge >= 0.3 is 5.97 Å². The molecular weight excluding hydrogens is 597 g/mol. The zero-order chi connectivity index (χ0) is 30.6. The van der Waals surface area contributed by atoms with Crippen LogP contribution in [-0.2, 0) is 16.2 Å². The fourth-order valence-electron chi connectivity index (χ4n) is 5.14. The van der Waals surface area contributed by atoms with Gasteiger partial charge in [-0.15, -0.1) is 21.5 Å². The van der Waals surface area contributed by atoms with E-state index in [0.29, 0.717) is 41.7 Å². The van der Waals surface area contributed by atoms with E-state index in [1.807, 2.05) is 44.0 Å². The number of hydrogen-bond acceptors (Lipinski definition) is 10. The first-order chi connectivity index (χ1) is 20.6. The Hall–Kier alpha value is -2.93. The van der Waals surface area contributed by atoms with Crippen LogP contribution in [0, 0.1) is 6.92 Å². The van der Waals surface area contributed by atoms with Crippen LogP contribution >= 0.6 is 22.7 Å². The lowest BCUT2D eigenvalue weighted by atomic mass is 9.87. The molecule has 0 spiro atoms. The van der Waals surface area contributed by atoms with Crippen molar-refractivity contribution in [2.75, 3.05) is 25.2 Å². The third kappa shape index (κ3) is 7.60. The van der Waals surface area contributed by atoms with Gasteiger partial charge in [0.05, 0.1) is 16.8 Å². The number of nitrogens with zero attached hydrogens (tertiary/aromatic N) is 6. The highest BCUT2D eigenvalue weighted by Crippen LogP contribution is 2.41. The number of hydrogen-bond donors (Lipinski definition) is 0. The van der Waals surface area contributed by atoms with Gasteiger partial charge in [-0.1, -0.05) is 62.4 Å². The number of rotatable bonds is 11. The monoisotopic (exact) mass is 638 g/mol. The van der Waals surface area contributed by atoms with Crippen molar-refractivity contribution in [3.8, 4) is 0 Å². The van der Waals surface area contributed by atoms with Gasteiger partial charge in [0.15, 0.2) is 27.3 Å². The van der Waals surface area contributed by atoms with Gasteiger partial charge in [-0.05, 0) is 62.4 Å². The first kappa shape index (κ1) is 31.5. The summed E-state index contributed by atoms with van der Waals surface area (Å²) < 4.78 is 14.7. The van der Waals surface area contributed by atoms with E-state index in [1.54, 1.807) is 22.7 Å². The van der Waals surface area contributed by atoms with E-state index in [0.717, 1.165) is 51.0 Å². The SMILES string of the molecule is CCOC(=O)c1nc(N(C)c2cc(C)c(N=c3sc4ccccc4n3COCC[Si](C)(C)C)nn2)sc1C1CCCCC1. The summed E-state index contributed by atoms with van der Waals surface area (Å²) in [6.45, 7) is 12.4. The minimum absolute atomic E-state index is 0.325. The molecule has 230 valence electrons. The van der Waals surface area contributed by atoms with Crippen molar-refractivity contribution in [2.24, 2.45) is 4.99 Å². The molecule has 0 N–H and O–H groups in total. The fraction of sp³-hybridized carbons (Fsp3) is 0.516. The van der Waals surface area contributed by atoms with Crippen LogP contribution in [-0.4, -0.2) is 54.1 Å². The molecule has 1 saturated carbocycles. The van der Waals surface area contributed by atoms with Crippen molar-refractivity contribution in [1.29, 1.82) is 0 Å². The molecule has 3 aromatic heterocycles. The Bertz CT molecular complexity index is 1630. The van der Waals surface area contributed by atoms with Gasteiger partial charge < -0.3 is 14.4 Å². The van der Waals surface area contributed by atoms with Gasteiger partial charge in [0.2, 0.25) is 0 Å². The van der Waals surface area contributed by atoms with E-state index >= 15 is 0 Å². The smallest absolute Gasteiger partial charge is 0.358 e. The first-order valence-electron chi connectivity index (χ1n) is 15.1. The average Bonchev–Trinajstić information content (AvgIpc) is 3.58. The molecule has 0 amide bonds. The average molecular weight is 639 g/mol. The molecule has 0 radical (unpaired) electrons. The van der Waals surface area contributed by atoms with Crippen LogP contribution in [0.1, 0.15) is 65.9 Å². The summed E-state index contributed by atoms with van der Waals surface area (Å²) in [6.07, 6.45) is 5.75. The van der Waals surface area contributed by atoms with Gasteiger partial charge in [0.25, 0.3) is 0 Å². The molecule has 0 saturated heterocycles. The summed E-state index contributed by atoms with van der Waals surface area (Å²) in [5, 5.41) is 9.77. The Morgan fingerprint density at radius 2 is 1.91 bits per heavy atom. The van der Waals surface area contributed by atoms with Crippen LogP contribution in [0.3, 0.4) is 0 Å². The number of benzene rings is 1. The molecule has 43 heavy (non-hydrogen) atoms. The summed E-state index contributed by atoms with van der Waals surface area (Å²) in [7, 11) is 0.734. The number of aromatic nitrogens is 4. The molecule has 12 heteroatoms. The molecule has 1 fully saturated rings. The molecule has 0 bridgehead atoms. The number of fused-ring (bicyclic) bond motifs is 1. The van der Waals surface area contributed by atoms with Gasteiger partial charge in [-0.3, -0.25) is 4.57 Å². The Kier molecular flexibility index (Phi) is 10.1. The molecule has 5 rings (SSSR count). The zero-order valence-electron chi connectivity index (χ0n) is 26.1. The first-order valence-corrected chi connectivity index (χ1v) is 20.5. The fourth-order valence-corrected chi connectivity index (χ4v) is 8.11. The second-order valence-corrected chi connectivity index (χ2v) is 19.9. The summed E-state index contributed by atoms with van der Waals surface area (Å²) in [5.74, 6) is 1.20. The predicted octanol–water partition coefficient (Wildman–Crippen LogP) is 7.79. The van der Waals surface area contributed by atoms with Crippen molar-refractivity contribution < 1.29 is 14.3 Å². The zero-order valence-corrected chi connectivity index (χ0v) is 28.7. The highest BCUT2D eigenvalue weighted by Gasteiger charge is 2.28. The summed E-state index contributed by atoms with van der Waals surface area (Å²) in [5.41, 5.74) is 2.43. The van der Waals surface area contributed by atoms with Crippen molar-refractivity contribution >= 4 is 63.7 Å². The van der Waals surface area contributed by atoms with E-state index in [2.05, 4.69) is 46.5 Å². The van der Waals surface area contributed by atoms with Crippen molar-refractivity contribution in [3.63, 3.8) is 0 Å². The number of anilines is 2. The summed E-state index contributed by atoms with van der Waals surface area (Å²) >= 11 is 3.18. The van der Waals surface area contributed by atoms with Crippen molar-refractivity contribution in [1.82, 2.24) is 19.7 Å². The van der Waals surface area contributed by atoms with Crippen LogP contribution < -0.4 is 9.70 Å². The third-order valence-corrected chi connectivity index (χ3v) is 11.7. The Labute approximate surface area is 262 Å². The van der Waals surface area contributed by atoms with E-state index in [-0.39, 0.29) is 5.97 Å². The van der Waals surface area contributed by atoms with Gasteiger partial charge in [0.1, 0.15) is 6.73 Å². The summed E-state index contributed by atoms with van der Waals surface area (Å²) in [4.78, 5) is 26.3. The number of thiazole rings is 2. The highest BCUT2D eigenvalue weighted by atomic mass is 32.1.